The van der Waals surface area contributed by atoms with Crippen molar-refractivity contribution in [1.82, 2.24) is 9.78 Å². The molecule has 0 saturated heterocycles. The van der Waals surface area contributed by atoms with Gasteiger partial charge in [-0.05, 0) is 52.6 Å². The summed E-state index contributed by atoms with van der Waals surface area (Å²) in [6.45, 7) is 5.47. The van der Waals surface area contributed by atoms with E-state index in [9.17, 15) is 8.42 Å². The van der Waals surface area contributed by atoms with Gasteiger partial charge in [0.25, 0.3) is 0 Å². The van der Waals surface area contributed by atoms with E-state index >= 15 is 0 Å². The SMILES string of the molecule is CC(C)(C)S(=O)(=O)CCn1nc(Br)cc1Br. The van der Waals surface area contributed by atoms with Crippen LogP contribution in [0.1, 0.15) is 20.8 Å². The van der Waals surface area contributed by atoms with Gasteiger partial charge in [-0.1, -0.05) is 0 Å². The fraction of sp³-hybridized carbons (Fsp3) is 0.667. The Morgan fingerprint density at radius 2 is 1.94 bits per heavy atom. The molecule has 1 aromatic heterocycles. The highest BCUT2D eigenvalue weighted by molar-refractivity contribution is 9.11. The van der Waals surface area contributed by atoms with Crippen LogP contribution in [0, 0.1) is 0 Å². The largest absolute Gasteiger partial charge is 0.256 e. The second-order valence-corrected chi connectivity index (χ2v) is 8.93. The number of hydrogen-bond acceptors (Lipinski definition) is 3. The molecule has 4 nitrogen and oxygen atoms in total. The van der Waals surface area contributed by atoms with Crippen LogP contribution in [-0.2, 0) is 16.4 Å². The molecule has 0 spiro atoms. The standard InChI is InChI=1S/C9H14Br2N2O2S/c1-9(2,3)16(14,15)5-4-13-8(11)6-7(10)12-13/h6H,4-5H2,1-3H3. The Morgan fingerprint density at radius 1 is 1.38 bits per heavy atom. The first kappa shape index (κ1) is 14.2. The van der Waals surface area contributed by atoms with E-state index in [4.69, 9.17) is 0 Å². The van der Waals surface area contributed by atoms with Gasteiger partial charge in [-0.2, -0.15) is 5.10 Å². The molecule has 0 aliphatic rings. The minimum Gasteiger partial charge on any atom is -0.256 e. The third kappa shape index (κ3) is 3.30. The van der Waals surface area contributed by atoms with E-state index in [0.717, 1.165) is 4.60 Å². The molecule has 92 valence electrons. The zero-order chi connectivity index (χ0) is 12.6. The Labute approximate surface area is 113 Å². The number of hydrogen-bond donors (Lipinski definition) is 0. The van der Waals surface area contributed by atoms with E-state index in [2.05, 4.69) is 37.0 Å². The van der Waals surface area contributed by atoms with Crippen molar-refractivity contribution in [2.45, 2.75) is 32.1 Å². The molecular weight excluding hydrogens is 360 g/mol. The molecule has 0 fully saturated rings. The second-order valence-electron chi connectivity index (χ2n) is 4.44. The fourth-order valence-corrected chi connectivity index (χ4v) is 3.25. The van der Waals surface area contributed by atoms with Gasteiger partial charge in [0.1, 0.15) is 9.21 Å². The van der Waals surface area contributed by atoms with Crippen molar-refractivity contribution in [2.75, 3.05) is 5.75 Å². The molecule has 0 radical (unpaired) electrons. The zero-order valence-electron chi connectivity index (χ0n) is 9.37. The quantitative estimate of drug-likeness (QED) is 0.818. The minimum absolute atomic E-state index is 0.0865. The van der Waals surface area contributed by atoms with E-state index in [1.54, 1.807) is 31.5 Å². The highest BCUT2D eigenvalue weighted by Crippen LogP contribution is 2.19. The number of aryl methyl sites for hydroxylation is 1. The third-order valence-electron chi connectivity index (χ3n) is 2.21. The van der Waals surface area contributed by atoms with E-state index in [1.807, 2.05) is 0 Å². The van der Waals surface area contributed by atoms with Crippen LogP contribution in [0.2, 0.25) is 0 Å². The van der Waals surface area contributed by atoms with Crippen LogP contribution in [0.5, 0.6) is 0 Å². The Balaban J connectivity index is 2.77. The van der Waals surface area contributed by atoms with Gasteiger partial charge >= 0.3 is 0 Å². The topological polar surface area (TPSA) is 52.0 Å². The van der Waals surface area contributed by atoms with Gasteiger partial charge in [-0.15, -0.1) is 0 Å². The number of halogens is 2. The van der Waals surface area contributed by atoms with Gasteiger partial charge in [0.2, 0.25) is 0 Å². The molecule has 16 heavy (non-hydrogen) atoms. The molecule has 0 aliphatic carbocycles. The molecule has 0 aliphatic heterocycles. The lowest BCUT2D eigenvalue weighted by Crippen LogP contribution is -2.32. The summed E-state index contributed by atoms with van der Waals surface area (Å²) in [5, 5.41) is 4.12. The number of nitrogens with zero attached hydrogens (tertiary/aromatic N) is 2. The lowest BCUT2D eigenvalue weighted by molar-refractivity contribution is 0.546. The molecule has 0 unspecified atom stereocenters. The van der Waals surface area contributed by atoms with E-state index in [1.165, 1.54) is 0 Å². The van der Waals surface area contributed by atoms with Crippen molar-refractivity contribution >= 4 is 41.7 Å². The van der Waals surface area contributed by atoms with Gasteiger partial charge in [0, 0.05) is 6.07 Å². The van der Waals surface area contributed by atoms with Crippen LogP contribution in [0.25, 0.3) is 0 Å². The monoisotopic (exact) mass is 372 g/mol. The normalized spacial score (nSPS) is 13.1. The molecule has 0 aromatic carbocycles. The molecular formula is C9H14Br2N2O2S. The van der Waals surface area contributed by atoms with Crippen molar-refractivity contribution < 1.29 is 8.42 Å². The first-order valence-corrected chi connectivity index (χ1v) is 7.98. The summed E-state index contributed by atoms with van der Waals surface area (Å²) in [7, 11) is -3.10. The van der Waals surface area contributed by atoms with Crippen molar-refractivity contribution in [3.8, 4) is 0 Å². The molecule has 0 bridgehead atoms. The second kappa shape index (κ2) is 4.78. The van der Waals surface area contributed by atoms with E-state index in [0.29, 0.717) is 11.1 Å². The molecule has 0 N–H and O–H groups in total. The van der Waals surface area contributed by atoms with Crippen molar-refractivity contribution in [1.29, 1.82) is 0 Å². The Morgan fingerprint density at radius 3 is 2.31 bits per heavy atom. The minimum atomic E-state index is -3.10. The molecule has 0 saturated carbocycles. The highest BCUT2D eigenvalue weighted by Gasteiger charge is 2.28. The fourth-order valence-electron chi connectivity index (χ4n) is 1.03. The van der Waals surface area contributed by atoms with Crippen LogP contribution in [0.15, 0.2) is 15.3 Å². The van der Waals surface area contributed by atoms with Crippen molar-refractivity contribution in [3.05, 3.63) is 15.3 Å². The number of aromatic nitrogens is 2. The summed E-state index contributed by atoms with van der Waals surface area (Å²) in [6.07, 6.45) is 0. The summed E-state index contributed by atoms with van der Waals surface area (Å²) in [4.78, 5) is 0. The Kier molecular flexibility index (Phi) is 4.23. The van der Waals surface area contributed by atoms with Crippen LogP contribution in [-0.4, -0.2) is 28.7 Å². The molecule has 0 atom stereocenters. The summed E-state index contributed by atoms with van der Waals surface area (Å²) >= 11 is 6.54. The average molecular weight is 374 g/mol. The molecule has 1 aromatic rings. The predicted molar refractivity (Wildman–Crippen MR) is 71.2 cm³/mol. The molecule has 1 rings (SSSR count). The Hall–Kier alpha value is 0.120. The predicted octanol–water partition coefficient (Wildman–Crippen LogP) is 2.62. The maximum atomic E-state index is 11.9. The van der Waals surface area contributed by atoms with Gasteiger partial charge < -0.3 is 0 Å². The summed E-state index contributed by atoms with van der Waals surface area (Å²) in [5.74, 6) is 0.0865. The van der Waals surface area contributed by atoms with Crippen LogP contribution >= 0.6 is 31.9 Å². The van der Waals surface area contributed by atoms with Crippen LogP contribution in [0.4, 0.5) is 0 Å². The smallest absolute Gasteiger partial charge is 0.157 e. The zero-order valence-corrected chi connectivity index (χ0v) is 13.4. The first-order chi connectivity index (χ1) is 7.13. The van der Waals surface area contributed by atoms with Crippen LogP contribution in [0.3, 0.4) is 0 Å². The third-order valence-corrected chi connectivity index (χ3v) is 5.82. The van der Waals surface area contributed by atoms with Crippen molar-refractivity contribution in [3.63, 3.8) is 0 Å². The summed E-state index contributed by atoms with van der Waals surface area (Å²) in [5.41, 5.74) is 0. The average Bonchev–Trinajstić information content (AvgIpc) is 2.39. The molecule has 7 heteroatoms. The molecule has 0 amide bonds. The van der Waals surface area contributed by atoms with Gasteiger partial charge in [0.15, 0.2) is 9.84 Å². The van der Waals surface area contributed by atoms with Crippen LogP contribution < -0.4 is 0 Å². The van der Waals surface area contributed by atoms with E-state index < -0.39 is 14.6 Å². The Bertz CT molecular complexity index is 474. The lowest BCUT2D eigenvalue weighted by Gasteiger charge is -2.19. The first-order valence-electron chi connectivity index (χ1n) is 4.74. The highest BCUT2D eigenvalue weighted by atomic mass is 79.9. The van der Waals surface area contributed by atoms with E-state index in [-0.39, 0.29) is 5.75 Å². The maximum absolute atomic E-state index is 11.9. The summed E-state index contributed by atoms with van der Waals surface area (Å²) in [6, 6.07) is 1.78. The number of sulfone groups is 1. The number of rotatable bonds is 3. The van der Waals surface area contributed by atoms with Crippen molar-refractivity contribution in [2.24, 2.45) is 0 Å². The van der Waals surface area contributed by atoms with Gasteiger partial charge in [0.05, 0.1) is 17.0 Å². The maximum Gasteiger partial charge on any atom is 0.157 e. The van der Waals surface area contributed by atoms with Gasteiger partial charge in [-0.3, -0.25) is 4.68 Å². The van der Waals surface area contributed by atoms with Gasteiger partial charge in [-0.25, -0.2) is 8.42 Å². The summed E-state index contributed by atoms with van der Waals surface area (Å²) < 4.78 is 26.1. The lowest BCUT2D eigenvalue weighted by atomic mass is 10.3. The molecule has 1 heterocycles.